The zero-order valence-corrected chi connectivity index (χ0v) is 38.0. The van der Waals surface area contributed by atoms with Crippen molar-refractivity contribution in [2.24, 2.45) is 0 Å². The molecule has 57 heavy (non-hydrogen) atoms. The molecule has 9 heteroatoms. The highest BCUT2D eigenvalue weighted by Crippen LogP contribution is 2.18. The van der Waals surface area contributed by atoms with Gasteiger partial charge in [-0.1, -0.05) is 156 Å². The van der Waals surface area contributed by atoms with Crippen molar-refractivity contribution in [3.8, 4) is 0 Å². The molecule has 0 aliphatic rings. The predicted molar refractivity (Wildman–Crippen MR) is 237 cm³/mol. The Morgan fingerprint density at radius 3 is 1.39 bits per heavy atom. The van der Waals surface area contributed by atoms with Crippen LogP contribution < -0.4 is 0 Å². The van der Waals surface area contributed by atoms with Gasteiger partial charge in [-0.15, -0.1) is 0 Å². The van der Waals surface area contributed by atoms with E-state index in [1.165, 1.54) is 109 Å². The van der Waals surface area contributed by atoms with Crippen molar-refractivity contribution in [2.75, 3.05) is 65.9 Å². The molecule has 9 nitrogen and oxygen atoms in total. The SMILES string of the molecule is CCCCCCCCCCCC(=O)OCCCCCN(CCCCCCCOC(=O)OC(CCCCCCCC)CCCCCCCC)CCOCCOCCO. The first-order valence-electron chi connectivity index (χ1n) is 24.5. The molecule has 340 valence electrons. The number of unbranched alkanes of at least 4 members (excludes halogenated alkanes) is 24. The van der Waals surface area contributed by atoms with Crippen molar-refractivity contribution in [1.29, 1.82) is 0 Å². The van der Waals surface area contributed by atoms with E-state index in [9.17, 15) is 9.59 Å². The normalized spacial score (nSPS) is 11.5. The summed E-state index contributed by atoms with van der Waals surface area (Å²) < 4.78 is 27.9. The second kappa shape index (κ2) is 47.3. The summed E-state index contributed by atoms with van der Waals surface area (Å²) in [4.78, 5) is 27.2. The van der Waals surface area contributed by atoms with Crippen LogP contribution in [-0.2, 0) is 28.5 Å². The summed E-state index contributed by atoms with van der Waals surface area (Å²) in [5, 5.41) is 8.88. The molecule has 0 aliphatic carbocycles. The van der Waals surface area contributed by atoms with Gasteiger partial charge in [0.1, 0.15) is 6.10 Å². The molecule has 0 aliphatic heterocycles. The van der Waals surface area contributed by atoms with Gasteiger partial charge in [0.25, 0.3) is 0 Å². The second-order valence-electron chi connectivity index (χ2n) is 16.4. The van der Waals surface area contributed by atoms with Crippen LogP contribution in [0.15, 0.2) is 0 Å². The van der Waals surface area contributed by atoms with E-state index in [0.717, 1.165) is 110 Å². The molecule has 0 aromatic heterocycles. The smallest absolute Gasteiger partial charge is 0.466 e. The molecule has 0 saturated heterocycles. The van der Waals surface area contributed by atoms with E-state index in [0.29, 0.717) is 46.1 Å². The highest BCUT2D eigenvalue weighted by Gasteiger charge is 2.15. The van der Waals surface area contributed by atoms with Crippen molar-refractivity contribution < 1.29 is 38.4 Å². The van der Waals surface area contributed by atoms with Gasteiger partial charge in [-0.25, -0.2) is 4.79 Å². The fourth-order valence-electron chi connectivity index (χ4n) is 7.23. The maximum Gasteiger partial charge on any atom is 0.508 e. The van der Waals surface area contributed by atoms with Crippen LogP contribution in [-0.4, -0.2) is 94.1 Å². The van der Waals surface area contributed by atoms with Crippen molar-refractivity contribution >= 4 is 12.1 Å². The van der Waals surface area contributed by atoms with E-state index in [2.05, 4.69) is 25.7 Å². The monoisotopic (exact) mass is 814 g/mol. The maximum absolute atomic E-state index is 12.6. The minimum absolute atomic E-state index is 0.0143. The molecular formula is C48H95NO8. The summed E-state index contributed by atoms with van der Waals surface area (Å²) in [7, 11) is 0. The van der Waals surface area contributed by atoms with Crippen LogP contribution in [0.2, 0.25) is 0 Å². The lowest BCUT2D eigenvalue weighted by Gasteiger charge is -2.22. The number of ether oxygens (including phenoxy) is 5. The first-order valence-corrected chi connectivity index (χ1v) is 24.5. The third kappa shape index (κ3) is 44.0. The molecule has 0 rings (SSSR count). The molecule has 0 radical (unpaired) electrons. The largest absolute Gasteiger partial charge is 0.508 e. The van der Waals surface area contributed by atoms with Gasteiger partial charge in [-0.3, -0.25) is 4.79 Å². The Balaban J connectivity index is 4.27. The Labute approximate surface area is 352 Å². The lowest BCUT2D eigenvalue weighted by atomic mass is 10.0. The number of rotatable bonds is 47. The van der Waals surface area contributed by atoms with Gasteiger partial charge in [0, 0.05) is 13.0 Å². The van der Waals surface area contributed by atoms with Gasteiger partial charge in [0.05, 0.1) is 46.2 Å². The molecule has 1 N–H and O–H groups in total. The molecule has 0 bridgehead atoms. The molecule has 0 heterocycles. The van der Waals surface area contributed by atoms with Crippen LogP contribution in [0.25, 0.3) is 0 Å². The third-order valence-corrected chi connectivity index (χ3v) is 10.9. The number of hydrogen-bond acceptors (Lipinski definition) is 9. The summed E-state index contributed by atoms with van der Waals surface area (Å²) in [6.07, 6.45) is 36.5. The molecule has 0 aromatic rings. The second-order valence-corrected chi connectivity index (χ2v) is 16.4. The van der Waals surface area contributed by atoms with Gasteiger partial charge in [0.2, 0.25) is 0 Å². The quantitative estimate of drug-likeness (QED) is 0.0475. The number of carbonyl (C=O) groups is 2. The third-order valence-electron chi connectivity index (χ3n) is 10.9. The maximum atomic E-state index is 12.6. The summed E-state index contributed by atoms with van der Waals surface area (Å²) in [5.74, 6) is -0.0440. The molecule has 0 unspecified atom stereocenters. The molecular weight excluding hydrogens is 719 g/mol. The molecule has 0 atom stereocenters. The number of nitrogens with zero attached hydrogens (tertiary/aromatic N) is 1. The van der Waals surface area contributed by atoms with Crippen LogP contribution in [0.1, 0.15) is 226 Å². The first-order chi connectivity index (χ1) is 28.1. The highest BCUT2D eigenvalue weighted by molar-refractivity contribution is 5.69. The molecule has 0 fully saturated rings. The average molecular weight is 814 g/mol. The zero-order valence-electron chi connectivity index (χ0n) is 38.0. The van der Waals surface area contributed by atoms with E-state index in [1.54, 1.807) is 0 Å². The van der Waals surface area contributed by atoms with E-state index >= 15 is 0 Å². The van der Waals surface area contributed by atoms with Crippen LogP contribution >= 0.6 is 0 Å². The average Bonchev–Trinajstić information content (AvgIpc) is 3.21. The van der Waals surface area contributed by atoms with Crippen LogP contribution in [0.4, 0.5) is 4.79 Å². The van der Waals surface area contributed by atoms with Crippen molar-refractivity contribution in [1.82, 2.24) is 4.90 Å². The zero-order chi connectivity index (χ0) is 41.5. The standard InChI is InChI=1S/C48H95NO8/c1-4-7-10-13-16-17-18-22-28-35-47(51)55-40-32-25-30-37-49(38-42-53-44-45-54-43-39-50)36-29-23-19-24-31-41-56-48(52)57-46(33-26-20-14-11-8-5-2)34-27-21-15-12-9-6-3/h46,50H,4-45H2,1-3H3. The minimum Gasteiger partial charge on any atom is -0.466 e. The predicted octanol–water partition coefficient (Wildman–Crippen LogP) is 12.9. The van der Waals surface area contributed by atoms with E-state index in [4.69, 9.17) is 28.8 Å². The van der Waals surface area contributed by atoms with Crippen molar-refractivity contribution in [2.45, 2.75) is 232 Å². The topological polar surface area (TPSA) is 104 Å². The number of aliphatic hydroxyl groups is 1. The number of aliphatic hydroxyl groups excluding tert-OH is 1. The van der Waals surface area contributed by atoms with Crippen LogP contribution in [0, 0.1) is 0 Å². The van der Waals surface area contributed by atoms with E-state index < -0.39 is 6.16 Å². The molecule has 0 amide bonds. The fraction of sp³-hybridized carbons (Fsp3) is 0.958. The van der Waals surface area contributed by atoms with Crippen LogP contribution in [0.3, 0.4) is 0 Å². The van der Waals surface area contributed by atoms with Crippen molar-refractivity contribution in [3.05, 3.63) is 0 Å². The summed E-state index contributed by atoms with van der Waals surface area (Å²) in [5.41, 5.74) is 0. The van der Waals surface area contributed by atoms with Crippen LogP contribution in [0.5, 0.6) is 0 Å². The summed E-state index contributed by atoms with van der Waals surface area (Å²) in [6.45, 7) is 12.7. The Morgan fingerprint density at radius 1 is 0.439 bits per heavy atom. The Morgan fingerprint density at radius 2 is 0.860 bits per heavy atom. The number of carbonyl (C=O) groups excluding carboxylic acids is 2. The Hall–Kier alpha value is -1.42. The Bertz CT molecular complexity index is 799. The number of esters is 1. The van der Waals surface area contributed by atoms with E-state index in [1.807, 2.05) is 0 Å². The molecule has 0 spiro atoms. The van der Waals surface area contributed by atoms with Gasteiger partial charge in [-0.05, 0) is 77.3 Å². The first kappa shape index (κ1) is 55.6. The lowest BCUT2D eigenvalue weighted by Crippen LogP contribution is -2.30. The lowest BCUT2D eigenvalue weighted by molar-refractivity contribution is -0.143. The molecule has 0 saturated carbocycles. The van der Waals surface area contributed by atoms with Gasteiger partial charge >= 0.3 is 12.1 Å². The Kier molecular flexibility index (Phi) is 46.1. The minimum atomic E-state index is -0.484. The molecule has 0 aromatic carbocycles. The fourth-order valence-corrected chi connectivity index (χ4v) is 7.23. The summed E-state index contributed by atoms with van der Waals surface area (Å²) in [6, 6.07) is 0. The van der Waals surface area contributed by atoms with Gasteiger partial charge in [-0.2, -0.15) is 0 Å². The van der Waals surface area contributed by atoms with E-state index in [-0.39, 0.29) is 18.7 Å². The van der Waals surface area contributed by atoms with Gasteiger partial charge in [0.15, 0.2) is 0 Å². The van der Waals surface area contributed by atoms with Gasteiger partial charge < -0.3 is 33.7 Å². The van der Waals surface area contributed by atoms with Crippen molar-refractivity contribution in [3.63, 3.8) is 0 Å². The highest BCUT2D eigenvalue weighted by atomic mass is 16.7. The number of hydrogen-bond donors (Lipinski definition) is 1. The summed E-state index contributed by atoms with van der Waals surface area (Å²) >= 11 is 0.